The van der Waals surface area contributed by atoms with Crippen LogP contribution in [-0.4, -0.2) is 0 Å². The zero-order chi connectivity index (χ0) is 28.2. The molecule has 0 saturated heterocycles. The van der Waals surface area contributed by atoms with E-state index in [1.165, 1.54) is 0 Å². The highest BCUT2D eigenvalue weighted by Gasteiger charge is 2.28. The quantitative estimate of drug-likeness (QED) is 0.216. The van der Waals surface area contributed by atoms with E-state index >= 15 is 4.39 Å². The van der Waals surface area contributed by atoms with Crippen molar-refractivity contribution in [3.63, 3.8) is 0 Å². The maximum atomic E-state index is 15.4. The largest absolute Gasteiger partial charge is 0.454 e. The van der Waals surface area contributed by atoms with Crippen LogP contribution in [0.2, 0.25) is 0 Å². The number of hydrogen-bond acceptors (Lipinski definition) is 2. The van der Waals surface area contributed by atoms with E-state index in [0.29, 0.717) is 22.3 Å². The van der Waals surface area contributed by atoms with Gasteiger partial charge < -0.3 is 4.42 Å². The number of rotatable bonds is 3. The van der Waals surface area contributed by atoms with Gasteiger partial charge in [0.15, 0.2) is 6.20 Å². The van der Waals surface area contributed by atoms with Crippen molar-refractivity contribution in [3.8, 4) is 39.6 Å². The lowest BCUT2D eigenvalue weighted by atomic mass is 9.87. The van der Waals surface area contributed by atoms with Gasteiger partial charge in [-0.05, 0) is 46.7 Å². The van der Waals surface area contributed by atoms with Crippen molar-refractivity contribution in [2.24, 2.45) is 7.05 Å². The second-order valence-electron chi connectivity index (χ2n) is 11.4. The molecule has 0 aliphatic heterocycles. The molecule has 4 heteroatoms. The molecule has 4 aromatic carbocycles. The molecule has 0 bridgehead atoms. The van der Waals surface area contributed by atoms with Gasteiger partial charge in [-0.3, -0.25) is 0 Å². The zero-order valence-corrected chi connectivity index (χ0v) is 23.3. The number of halogens is 1. The average molecular weight is 526 g/mol. The molecule has 0 atom stereocenters. The standard InChI is InChI=1S/C36H30FN2O/c1-22-11-17-27-28-18-16-26(20-38)33(25-14-12-24(13-15-25)23-9-7-6-8-10-23)35(28)40-34(27)32(22)31-19-30(37)29(21-39(31)5)36(2,3)4/h6-19,21H,1-5H3/q+1. The summed E-state index contributed by atoms with van der Waals surface area (Å²) in [5, 5.41) is 11.9. The third-order valence-electron chi connectivity index (χ3n) is 7.71. The summed E-state index contributed by atoms with van der Waals surface area (Å²) in [5.74, 6) is -0.237. The fourth-order valence-electron chi connectivity index (χ4n) is 5.58. The number of aryl methyl sites for hydroxylation is 2. The fourth-order valence-corrected chi connectivity index (χ4v) is 5.58. The van der Waals surface area contributed by atoms with Crippen molar-refractivity contribution < 1.29 is 13.4 Å². The SMILES string of the molecule is Cc1ccc2c(oc3c(-c4ccc(-c5ccccc5)cc4)c(C#N)ccc32)c1-c1cc(F)c(C(C)(C)C)c[n+]1C. The fraction of sp³-hybridized carbons (Fsp3) is 0.167. The number of benzene rings is 4. The van der Waals surface area contributed by atoms with E-state index < -0.39 is 0 Å². The Balaban J connectivity index is 1.59. The minimum Gasteiger partial charge on any atom is -0.454 e. The molecule has 0 spiro atoms. The number of furan rings is 1. The van der Waals surface area contributed by atoms with Crippen molar-refractivity contribution in [2.75, 3.05) is 0 Å². The van der Waals surface area contributed by atoms with Gasteiger partial charge in [-0.1, -0.05) is 87.5 Å². The summed E-state index contributed by atoms with van der Waals surface area (Å²) in [7, 11) is 1.94. The highest BCUT2D eigenvalue weighted by molar-refractivity contribution is 6.14. The van der Waals surface area contributed by atoms with Crippen molar-refractivity contribution in [2.45, 2.75) is 33.1 Å². The molecule has 6 aromatic rings. The average Bonchev–Trinajstić information content (AvgIpc) is 3.32. The molecule has 0 fully saturated rings. The first-order valence-corrected chi connectivity index (χ1v) is 13.4. The van der Waals surface area contributed by atoms with Gasteiger partial charge in [0.1, 0.15) is 24.0 Å². The second kappa shape index (κ2) is 9.47. The first-order valence-electron chi connectivity index (χ1n) is 13.4. The Morgan fingerprint density at radius 3 is 2.02 bits per heavy atom. The Kier molecular flexibility index (Phi) is 6.04. The molecule has 0 aliphatic rings. The summed E-state index contributed by atoms with van der Waals surface area (Å²) in [6, 6.07) is 30.3. The second-order valence-corrected chi connectivity index (χ2v) is 11.4. The van der Waals surface area contributed by atoms with Gasteiger partial charge in [0.25, 0.3) is 0 Å². The maximum Gasteiger partial charge on any atom is 0.219 e. The highest BCUT2D eigenvalue weighted by atomic mass is 19.1. The number of pyridine rings is 1. The molecular formula is C36H30FN2O+. The first-order chi connectivity index (χ1) is 19.2. The van der Waals surface area contributed by atoms with Crippen LogP contribution in [0.15, 0.2) is 95.5 Å². The van der Waals surface area contributed by atoms with Crippen LogP contribution in [0.4, 0.5) is 4.39 Å². The van der Waals surface area contributed by atoms with E-state index in [2.05, 4.69) is 36.4 Å². The van der Waals surface area contributed by atoms with E-state index in [-0.39, 0.29) is 11.2 Å². The van der Waals surface area contributed by atoms with Crippen LogP contribution >= 0.6 is 0 Å². The van der Waals surface area contributed by atoms with Crippen molar-refractivity contribution in [1.82, 2.24) is 0 Å². The smallest absolute Gasteiger partial charge is 0.219 e. The third-order valence-corrected chi connectivity index (χ3v) is 7.71. The summed E-state index contributed by atoms with van der Waals surface area (Å²) in [6.07, 6.45) is 1.87. The van der Waals surface area contributed by atoms with Crippen LogP contribution in [0.3, 0.4) is 0 Å². The Morgan fingerprint density at radius 1 is 0.775 bits per heavy atom. The van der Waals surface area contributed by atoms with Gasteiger partial charge in [0, 0.05) is 22.4 Å². The van der Waals surface area contributed by atoms with Crippen molar-refractivity contribution in [3.05, 3.63) is 114 Å². The lowest BCUT2D eigenvalue weighted by Gasteiger charge is -2.18. The van der Waals surface area contributed by atoms with E-state index in [4.69, 9.17) is 4.42 Å². The number of aromatic nitrogens is 1. The van der Waals surface area contributed by atoms with Gasteiger partial charge >= 0.3 is 0 Å². The van der Waals surface area contributed by atoms with E-state index in [0.717, 1.165) is 49.8 Å². The van der Waals surface area contributed by atoms with Gasteiger partial charge in [0.05, 0.1) is 22.8 Å². The molecule has 40 heavy (non-hydrogen) atoms. The van der Waals surface area contributed by atoms with Crippen LogP contribution in [0.5, 0.6) is 0 Å². The predicted octanol–water partition coefficient (Wildman–Crippen LogP) is 9.03. The first kappa shape index (κ1) is 25.5. The minimum atomic E-state index is -0.320. The van der Waals surface area contributed by atoms with Crippen LogP contribution in [-0.2, 0) is 12.5 Å². The van der Waals surface area contributed by atoms with E-state index in [9.17, 15) is 5.26 Å². The molecule has 0 N–H and O–H groups in total. The van der Waals surface area contributed by atoms with Crippen LogP contribution < -0.4 is 4.57 Å². The molecule has 0 amide bonds. The van der Waals surface area contributed by atoms with Crippen molar-refractivity contribution in [1.29, 1.82) is 5.26 Å². The van der Waals surface area contributed by atoms with Gasteiger partial charge in [-0.2, -0.15) is 5.26 Å². The topological polar surface area (TPSA) is 40.8 Å². The molecule has 0 unspecified atom stereocenters. The molecule has 0 radical (unpaired) electrons. The Labute approximate surface area is 233 Å². The molecule has 2 heterocycles. The Morgan fingerprint density at radius 2 is 1.38 bits per heavy atom. The van der Waals surface area contributed by atoms with Crippen molar-refractivity contribution >= 4 is 21.9 Å². The molecule has 0 aliphatic carbocycles. The minimum absolute atomic E-state index is 0.237. The van der Waals surface area contributed by atoms with E-state index in [1.54, 1.807) is 6.07 Å². The molecule has 0 saturated carbocycles. The number of nitrogens with zero attached hydrogens (tertiary/aromatic N) is 2. The summed E-state index contributed by atoms with van der Waals surface area (Å²) >= 11 is 0. The normalized spacial score (nSPS) is 11.7. The summed E-state index contributed by atoms with van der Waals surface area (Å²) in [5.41, 5.74) is 8.70. The third kappa shape index (κ3) is 4.15. The Hall–Kier alpha value is -4.75. The summed E-state index contributed by atoms with van der Waals surface area (Å²) in [4.78, 5) is 0. The summed E-state index contributed by atoms with van der Waals surface area (Å²) < 4.78 is 24.0. The van der Waals surface area contributed by atoms with E-state index in [1.807, 2.05) is 94.0 Å². The lowest BCUT2D eigenvalue weighted by molar-refractivity contribution is -0.661. The zero-order valence-electron chi connectivity index (χ0n) is 23.3. The molecule has 196 valence electrons. The molecule has 2 aromatic heterocycles. The van der Waals surface area contributed by atoms with Crippen LogP contribution in [0.1, 0.15) is 37.5 Å². The van der Waals surface area contributed by atoms with Gasteiger partial charge in [-0.15, -0.1) is 0 Å². The lowest BCUT2D eigenvalue weighted by Crippen LogP contribution is -2.34. The molecular weight excluding hydrogens is 495 g/mol. The molecule has 6 rings (SSSR count). The monoisotopic (exact) mass is 525 g/mol. The maximum absolute atomic E-state index is 15.4. The molecule has 3 nitrogen and oxygen atoms in total. The number of fused-ring (bicyclic) bond motifs is 3. The Bertz CT molecular complexity index is 1950. The van der Waals surface area contributed by atoms with Gasteiger partial charge in [-0.25, -0.2) is 8.96 Å². The number of nitriles is 1. The summed E-state index contributed by atoms with van der Waals surface area (Å²) in [6.45, 7) is 8.05. The van der Waals surface area contributed by atoms with Gasteiger partial charge in [0.2, 0.25) is 5.69 Å². The van der Waals surface area contributed by atoms with Crippen LogP contribution in [0, 0.1) is 24.1 Å². The van der Waals surface area contributed by atoms with Crippen LogP contribution in [0.25, 0.3) is 55.4 Å². The predicted molar refractivity (Wildman–Crippen MR) is 159 cm³/mol. The number of hydrogen-bond donors (Lipinski definition) is 0. The highest BCUT2D eigenvalue weighted by Crippen LogP contribution is 2.42.